The van der Waals surface area contributed by atoms with Gasteiger partial charge in [-0.25, -0.2) is 38.7 Å². The van der Waals surface area contributed by atoms with E-state index in [0.717, 1.165) is 34.9 Å². The van der Waals surface area contributed by atoms with Gasteiger partial charge in [0.25, 0.3) is 6.47 Å². The number of halogens is 3. The molecule has 76 heavy (non-hydrogen) atoms. The first-order valence-corrected chi connectivity index (χ1v) is 22.6. The molecule has 0 aliphatic rings. The van der Waals surface area contributed by atoms with Crippen LogP contribution in [0.25, 0.3) is 12.2 Å². The van der Waals surface area contributed by atoms with Crippen molar-refractivity contribution in [2.45, 2.75) is 106 Å². The SMILES string of the molecule is CC(C)[C@H](NC(=O)OC(C)(C)C)C(=O)OCCl.CC(C)[C@H](NC(=O)OC(C)(C)C)C(=O)OCOC(=O)/C=C/c1ccc(Cn2ccnc2)cc1.Cl.O=C(O)/C=C/c1ccc(Cn2ccnc2)cc1.O=CO[O-].[2H]CF.[Cs+].[Cs+].[H-]. The summed E-state index contributed by atoms with van der Waals surface area (Å²) in [5.41, 5.74) is 2.64. The molecule has 2 heterocycles. The zero-order valence-electron chi connectivity index (χ0n) is 46.9. The summed E-state index contributed by atoms with van der Waals surface area (Å²) < 4.78 is 44.2. The largest absolute Gasteiger partial charge is 1.00 e. The fraction of sp³-hybridized carbons (Fsp3) is 0.420. The first-order valence-electron chi connectivity index (χ1n) is 22.8. The number of esters is 3. The van der Waals surface area contributed by atoms with Gasteiger partial charge in [0.1, 0.15) is 23.3 Å². The summed E-state index contributed by atoms with van der Waals surface area (Å²) in [7, 11) is -1.00. The van der Waals surface area contributed by atoms with Gasteiger partial charge >= 0.3 is 174 Å². The van der Waals surface area contributed by atoms with Crippen LogP contribution in [0.15, 0.2) is 98.1 Å². The van der Waals surface area contributed by atoms with Crippen LogP contribution in [-0.4, -0.2) is 110 Å². The van der Waals surface area contributed by atoms with E-state index in [2.05, 4.69) is 30.2 Å². The molecule has 4 rings (SSSR count). The average molecular weight is 1350 g/mol. The van der Waals surface area contributed by atoms with Crippen LogP contribution in [0.1, 0.15) is 94.3 Å². The quantitative estimate of drug-likeness (QED) is 0.0186. The third-order valence-corrected chi connectivity index (χ3v) is 8.57. The summed E-state index contributed by atoms with van der Waals surface area (Å²) in [5, 5.41) is 21.9. The van der Waals surface area contributed by atoms with Crippen molar-refractivity contribution in [2.24, 2.45) is 11.8 Å². The molecule has 2 aromatic carbocycles. The molecule has 0 spiro atoms. The first-order chi connectivity index (χ1) is 34.8. The van der Waals surface area contributed by atoms with Crippen molar-refractivity contribution in [3.05, 3.63) is 120 Å². The number of hydrogen-bond donors (Lipinski definition) is 3. The normalized spacial score (nSPS) is 11.3. The Morgan fingerprint density at radius 3 is 1.41 bits per heavy atom. The number of alkyl halides is 2. The Labute approximate surface area is 575 Å². The molecule has 0 saturated carbocycles. The third kappa shape index (κ3) is 40.1. The van der Waals surface area contributed by atoms with E-state index in [1.807, 2.05) is 70.1 Å². The van der Waals surface area contributed by atoms with Gasteiger partial charge in [-0.05, 0) is 87.8 Å². The van der Waals surface area contributed by atoms with E-state index < -0.39 is 73.3 Å². The number of benzene rings is 2. The van der Waals surface area contributed by atoms with Crippen LogP contribution in [0.3, 0.4) is 0 Å². The molecule has 412 valence electrons. The zero-order valence-corrected chi connectivity index (χ0v) is 59.1. The molecule has 3 N–H and O–H groups in total. The minimum absolute atomic E-state index is 0. The van der Waals surface area contributed by atoms with E-state index in [1.54, 1.807) is 106 Å². The maximum absolute atomic E-state index is 12.3. The fourth-order valence-electron chi connectivity index (χ4n) is 5.27. The second-order valence-corrected chi connectivity index (χ2v) is 17.7. The molecule has 4 aromatic rings. The van der Waals surface area contributed by atoms with Crippen molar-refractivity contribution >= 4 is 78.7 Å². The van der Waals surface area contributed by atoms with Crippen LogP contribution in [0.5, 0.6) is 0 Å². The zero-order chi connectivity index (χ0) is 56.3. The summed E-state index contributed by atoms with van der Waals surface area (Å²) in [6.45, 7) is 18.2. The predicted octanol–water partition coefficient (Wildman–Crippen LogP) is 1.40. The molecule has 2 aromatic heterocycles. The second-order valence-electron chi connectivity index (χ2n) is 17.5. The minimum Gasteiger partial charge on any atom is -1.00 e. The van der Waals surface area contributed by atoms with Crippen molar-refractivity contribution < 1.29 is 217 Å². The Bertz CT molecular complexity index is 2330. The topological polar surface area (TPSA) is 278 Å². The molecule has 0 aliphatic carbocycles. The molecule has 0 unspecified atom stereocenters. The summed E-state index contributed by atoms with van der Waals surface area (Å²) in [5.74, 6) is -3.25. The van der Waals surface area contributed by atoms with Crippen LogP contribution in [0.2, 0.25) is 0 Å². The third-order valence-electron chi connectivity index (χ3n) is 8.46. The predicted molar refractivity (Wildman–Crippen MR) is 274 cm³/mol. The maximum Gasteiger partial charge on any atom is 1.00 e. The Kier molecular flexibility index (Phi) is 45.2. The fourth-order valence-corrected chi connectivity index (χ4v) is 5.38. The molecule has 2 amide bonds. The van der Waals surface area contributed by atoms with Crippen molar-refractivity contribution in [3.63, 3.8) is 0 Å². The molecule has 0 fully saturated rings. The molecule has 2 atom stereocenters. The van der Waals surface area contributed by atoms with Gasteiger partial charge in [-0.1, -0.05) is 87.8 Å². The van der Waals surface area contributed by atoms with Crippen LogP contribution >= 0.6 is 24.0 Å². The molecular formula is C50H69Cl2Cs2FN6O15. The number of aromatic nitrogens is 4. The van der Waals surface area contributed by atoms with Crippen LogP contribution in [-0.2, 0) is 65.6 Å². The number of hydrogen-bond acceptors (Lipinski definition) is 16. The van der Waals surface area contributed by atoms with Gasteiger partial charge in [-0.2, -0.15) is 0 Å². The Morgan fingerprint density at radius 1 is 0.737 bits per heavy atom. The summed E-state index contributed by atoms with van der Waals surface area (Å²) in [6.07, 6.45) is 14.9. The monoisotopic (exact) mass is 1350 g/mol. The Morgan fingerprint density at radius 2 is 1.11 bits per heavy atom. The number of carboxylic acid groups (broad SMARTS) is 1. The van der Waals surface area contributed by atoms with Crippen LogP contribution < -0.4 is 154 Å². The second kappa shape index (κ2) is 44.6. The van der Waals surface area contributed by atoms with Gasteiger partial charge < -0.3 is 60.1 Å². The first kappa shape index (κ1) is 77.0. The summed E-state index contributed by atoms with van der Waals surface area (Å²) >= 11 is 5.30. The van der Waals surface area contributed by atoms with Crippen molar-refractivity contribution in [1.82, 2.24) is 29.7 Å². The maximum atomic E-state index is 12.3. The molecule has 21 nitrogen and oxygen atoms in total. The molecule has 26 heteroatoms. The summed E-state index contributed by atoms with van der Waals surface area (Å²) in [4.78, 5) is 88.7. The number of nitrogens with one attached hydrogen (secondary N) is 2. The number of ether oxygens (including phenoxy) is 5. The van der Waals surface area contributed by atoms with Gasteiger partial charge in [-0.15, -0.1) is 12.4 Å². The van der Waals surface area contributed by atoms with Crippen molar-refractivity contribution in [1.29, 1.82) is 0 Å². The van der Waals surface area contributed by atoms with Gasteiger partial charge in [-0.3, -0.25) is 9.18 Å². The molecule has 0 bridgehead atoms. The molecule has 0 saturated heterocycles. The number of carbonyl (C=O) groups is 7. The molecular weight excluding hydrogens is 1280 g/mol. The smallest absolute Gasteiger partial charge is 1.00 e. The Balaban J connectivity index is -0.000000336. The van der Waals surface area contributed by atoms with Gasteiger partial charge in [0, 0.05) is 50.0 Å². The standard InChI is InChI=1S/C24H31N3O6.C13H12N2O2.C11H20ClNO4.CH3F.CH2O3.ClH.2Cs.H/c1-17(2)21(26-23(30)33-24(3,4)5)22(29)32-16-31-20(28)11-10-18-6-8-19(9-7-18)14-27-13-12-25-15-27;16-13(17)6-5-11-1-3-12(4-2-11)9-15-8-7-14-10-15;1-7(2)8(9(14)16-6-12)13-10(15)17-11(3,4)5;1-2;2-1-4-3;;;;/h6-13,15,17,21H,14,16H2,1-5H3,(H,26,30);1-8,10H,9H2,(H,16,17);7-8H,6H2,1-5H3,(H,13,15);1H3;1,3H;1H;;;/q;;;;;;2*+1;-1/p-1/b11-10+;6-5+;;;;;;;/t21-;;8-;;;;;;/m0.0....../s1/i;;;1D;;;;;. The molecule has 0 radical (unpaired) electrons. The van der Waals surface area contributed by atoms with Gasteiger partial charge in [0.05, 0.1) is 21.2 Å². The van der Waals surface area contributed by atoms with Crippen molar-refractivity contribution in [2.75, 3.05) is 20.0 Å². The molecule has 0 aliphatic heterocycles. The number of carbonyl (C=O) groups excluding carboxylic acids is 6. The number of amides is 2. The van der Waals surface area contributed by atoms with E-state index in [9.17, 15) is 33.2 Å². The van der Waals surface area contributed by atoms with E-state index in [0.29, 0.717) is 6.54 Å². The average Bonchev–Trinajstić information content (AvgIpc) is 4.04. The number of alkyl carbamates (subject to hydrolysis) is 2. The van der Waals surface area contributed by atoms with E-state index in [4.69, 9.17) is 47.1 Å². The number of imidazole rings is 2. The summed E-state index contributed by atoms with van der Waals surface area (Å²) in [6, 6.07) is 13.5. The van der Waals surface area contributed by atoms with Crippen LogP contribution in [0, 0.1) is 11.8 Å². The van der Waals surface area contributed by atoms with Crippen LogP contribution in [0.4, 0.5) is 14.0 Å². The van der Waals surface area contributed by atoms with E-state index >= 15 is 0 Å². The van der Waals surface area contributed by atoms with Crippen molar-refractivity contribution in [3.8, 4) is 0 Å². The van der Waals surface area contributed by atoms with E-state index in [1.165, 1.54) is 6.08 Å². The number of rotatable bonds is 18. The van der Waals surface area contributed by atoms with Gasteiger partial charge in [0.2, 0.25) is 6.79 Å². The minimum atomic E-state index is -1.00. The number of aliphatic carboxylic acids is 1. The van der Waals surface area contributed by atoms with E-state index in [-0.39, 0.29) is 176 Å². The number of carboxylic acids is 1. The number of nitrogens with zero attached hydrogens (tertiary/aromatic N) is 4. The van der Waals surface area contributed by atoms with Gasteiger partial charge in [0.15, 0.2) is 6.07 Å². The Hall–Kier alpha value is -3.20.